The standard InChI is InChI=1S/C2H7S2Si/c1-5(2)4-3/h3H,1-2H3. The van der Waals surface area contributed by atoms with E-state index in [1.54, 1.807) is 10.2 Å². The normalized spacial score (nSPS) is 9.60. The predicted octanol–water partition coefficient (Wildman–Crippen LogP) is 1.82. The van der Waals surface area contributed by atoms with Gasteiger partial charge in [0.25, 0.3) is 0 Å². The van der Waals surface area contributed by atoms with E-state index in [4.69, 9.17) is 0 Å². The summed E-state index contributed by atoms with van der Waals surface area (Å²) in [6, 6.07) is 0. The zero-order chi connectivity index (χ0) is 4.28. The molecule has 0 fully saturated rings. The first-order valence-corrected chi connectivity index (χ1v) is 6.48. The fourth-order valence-electron chi connectivity index (χ4n) is 0. The average Bonchev–Trinajstić information content (AvgIpc) is 1.38. The Morgan fingerprint density at radius 2 is 1.80 bits per heavy atom. The summed E-state index contributed by atoms with van der Waals surface area (Å²) in [5, 5.41) is 0. The second kappa shape index (κ2) is 3.12. The van der Waals surface area contributed by atoms with Gasteiger partial charge in [0, 0.05) is 0 Å². The van der Waals surface area contributed by atoms with Crippen molar-refractivity contribution in [3.63, 3.8) is 0 Å². The zero-order valence-electron chi connectivity index (χ0n) is 3.36. The largest absolute Gasteiger partial charge is 0.129 e. The first kappa shape index (κ1) is 5.92. The van der Waals surface area contributed by atoms with E-state index in [-0.39, 0.29) is 7.95 Å². The van der Waals surface area contributed by atoms with Crippen LogP contribution in [0.4, 0.5) is 0 Å². The third-order valence-electron chi connectivity index (χ3n) is 0.183. The molecule has 0 nitrogen and oxygen atoms in total. The molecule has 0 amide bonds. The lowest BCUT2D eigenvalue weighted by Gasteiger charge is -1.85. The Bertz CT molecular complexity index is 21.6. The van der Waals surface area contributed by atoms with E-state index in [0.717, 1.165) is 0 Å². The molecule has 31 valence electrons. The summed E-state index contributed by atoms with van der Waals surface area (Å²) in [5.41, 5.74) is 0. The Morgan fingerprint density at radius 3 is 1.80 bits per heavy atom. The minimum absolute atomic E-state index is 0.0931. The molecule has 5 heavy (non-hydrogen) atoms. The molecule has 0 bridgehead atoms. The van der Waals surface area contributed by atoms with Crippen molar-refractivity contribution in [1.29, 1.82) is 0 Å². The fourth-order valence-corrected chi connectivity index (χ4v) is 0. The summed E-state index contributed by atoms with van der Waals surface area (Å²) >= 11 is 3.98. The van der Waals surface area contributed by atoms with E-state index in [9.17, 15) is 0 Å². The van der Waals surface area contributed by atoms with Crippen LogP contribution in [-0.2, 0) is 0 Å². The van der Waals surface area contributed by atoms with Crippen LogP contribution in [0.1, 0.15) is 0 Å². The maximum Gasteiger partial charge on any atom is 0.129 e. The second-order valence-electron chi connectivity index (χ2n) is 1.000. The smallest absolute Gasteiger partial charge is 0.127 e. The van der Waals surface area contributed by atoms with E-state index in [1.165, 1.54) is 0 Å². The van der Waals surface area contributed by atoms with Crippen LogP contribution in [0.5, 0.6) is 0 Å². The van der Waals surface area contributed by atoms with Gasteiger partial charge >= 0.3 is 0 Å². The van der Waals surface area contributed by atoms with E-state index in [0.29, 0.717) is 0 Å². The van der Waals surface area contributed by atoms with Crippen molar-refractivity contribution < 1.29 is 0 Å². The van der Waals surface area contributed by atoms with Crippen molar-refractivity contribution in [2.24, 2.45) is 0 Å². The zero-order valence-corrected chi connectivity index (χ0v) is 6.07. The molecule has 0 aromatic heterocycles. The first-order valence-electron chi connectivity index (χ1n) is 1.39. The number of thiol groups is 1. The van der Waals surface area contributed by atoms with Gasteiger partial charge in [-0.2, -0.15) is 0 Å². The molecule has 0 aromatic rings. The van der Waals surface area contributed by atoms with Gasteiger partial charge in [0.05, 0.1) is 0 Å². The lowest BCUT2D eigenvalue weighted by Crippen LogP contribution is -1.84. The maximum atomic E-state index is 3.98. The summed E-state index contributed by atoms with van der Waals surface area (Å²) in [7, 11) is 1.58. The van der Waals surface area contributed by atoms with Gasteiger partial charge in [-0.05, 0) is 0 Å². The van der Waals surface area contributed by atoms with Crippen molar-refractivity contribution in [2.75, 3.05) is 0 Å². The monoisotopic (exact) mass is 123 g/mol. The number of hydrogen-bond donors (Lipinski definition) is 1. The van der Waals surface area contributed by atoms with Crippen molar-refractivity contribution >= 4 is 29.9 Å². The third-order valence-corrected chi connectivity index (χ3v) is 4.93. The van der Waals surface area contributed by atoms with Crippen LogP contribution in [0.15, 0.2) is 0 Å². The SMILES string of the molecule is C[Si](C)SS. The van der Waals surface area contributed by atoms with Gasteiger partial charge < -0.3 is 0 Å². The van der Waals surface area contributed by atoms with Crippen LogP contribution in [0.3, 0.4) is 0 Å². The predicted molar refractivity (Wildman–Crippen MR) is 34.1 cm³/mol. The van der Waals surface area contributed by atoms with E-state index in [1.807, 2.05) is 0 Å². The highest BCUT2D eigenvalue weighted by molar-refractivity contribution is 8.79. The molecular weight excluding hydrogens is 116 g/mol. The molecule has 0 aliphatic heterocycles. The Balaban J connectivity index is 2.54. The van der Waals surface area contributed by atoms with Crippen LogP contribution < -0.4 is 0 Å². The third kappa shape index (κ3) is 4.92. The van der Waals surface area contributed by atoms with Crippen LogP contribution in [-0.4, -0.2) is 7.95 Å². The molecule has 0 N–H and O–H groups in total. The molecular formula is C2H7S2Si. The molecule has 0 aliphatic carbocycles. The minimum atomic E-state index is -0.0931. The topological polar surface area (TPSA) is 0 Å². The highest BCUT2D eigenvalue weighted by atomic mass is 33.2. The molecule has 3 heteroatoms. The lowest BCUT2D eigenvalue weighted by atomic mass is 11.9. The molecule has 1 radical (unpaired) electrons. The quantitative estimate of drug-likeness (QED) is 0.315. The van der Waals surface area contributed by atoms with Gasteiger partial charge in [0.1, 0.15) is 7.95 Å². The van der Waals surface area contributed by atoms with Crippen molar-refractivity contribution in [2.45, 2.75) is 13.1 Å². The summed E-state index contributed by atoms with van der Waals surface area (Å²) < 4.78 is 0. The molecule has 0 rings (SSSR count). The average molecular weight is 123 g/mol. The van der Waals surface area contributed by atoms with Crippen LogP contribution in [0.2, 0.25) is 13.1 Å². The Labute approximate surface area is 43.4 Å². The highest BCUT2D eigenvalue weighted by Crippen LogP contribution is 2.08. The van der Waals surface area contributed by atoms with Gasteiger partial charge in [-0.15, -0.1) is 21.9 Å². The fraction of sp³-hybridized carbons (Fsp3) is 1.00. The molecule has 0 unspecified atom stereocenters. The van der Waals surface area contributed by atoms with Crippen molar-refractivity contribution in [3.8, 4) is 0 Å². The van der Waals surface area contributed by atoms with Gasteiger partial charge in [-0.3, -0.25) is 0 Å². The summed E-state index contributed by atoms with van der Waals surface area (Å²) in [6.07, 6.45) is 0. The second-order valence-corrected chi connectivity index (χ2v) is 7.64. The van der Waals surface area contributed by atoms with Crippen LogP contribution in [0.25, 0.3) is 0 Å². The summed E-state index contributed by atoms with van der Waals surface area (Å²) in [4.78, 5) is 0. The number of hydrogen-bond acceptors (Lipinski definition) is 2. The van der Waals surface area contributed by atoms with E-state index < -0.39 is 0 Å². The molecule has 0 aliphatic rings. The first-order chi connectivity index (χ1) is 2.27. The summed E-state index contributed by atoms with van der Waals surface area (Å²) in [6.45, 7) is 4.42. The van der Waals surface area contributed by atoms with E-state index in [2.05, 4.69) is 24.8 Å². The molecule has 0 spiro atoms. The molecule has 0 aromatic carbocycles. The Hall–Kier alpha value is 0.917. The van der Waals surface area contributed by atoms with Gasteiger partial charge in [-0.1, -0.05) is 13.1 Å². The molecule has 0 saturated heterocycles. The van der Waals surface area contributed by atoms with Gasteiger partial charge in [0.2, 0.25) is 0 Å². The highest BCUT2D eigenvalue weighted by Gasteiger charge is 1.85. The molecule has 0 heterocycles. The van der Waals surface area contributed by atoms with Crippen LogP contribution in [0, 0.1) is 0 Å². The number of rotatable bonds is 1. The van der Waals surface area contributed by atoms with Crippen molar-refractivity contribution in [1.82, 2.24) is 0 Å². The Morgan fingerprint density at radius 1 is 1.60 bits per heavy atom. The molecule has 0 saturated carbocycles. The van der Waals surface area contributed by atoms with E-state index >= 15 is 0 Å². The van der Waals surface area contributed by atoms with Gasteiger partial charge in [0.15, 0.2) is 0 Å². The van der Waals surface area contributed by atoms with Crippen LogP contribution >= 0.6 is 21.9 Å². The minimum Gasteiger partial charge on any atom is -0.127 e. The molecule has 0 atom stereocenters. The van der Waals surface area contributed by atoms with Gasteiger partial charge in [-0.25, -0.2) is 0 Å². The maximum absolute atomic E-state index is 3.98. The summed E-state index contributed by atoms with van der Waals surface area (Å²) in [5.74, 6) is 0. The van der Waals surface area contributed by atoms with Crippen molar-refractivity contribution in [3.05, 3.63) is 0 Å². The lowest BCUT2D eigenvalue weighted by molar-refractivity contribution is 2.11. The Kier molecular flexibility index (Phi) is 3.69.